The molecule has 40 valence electrons. The molecule has 0 spiro atoms. The average molecular weight is 116 g/mol. The van der Waals surface area contributed by atoms with E-state index in [2.05, 4.69) is 6.66 Å². The molecule has 0 aromatic rings. The summed E-state index contributed by atoms with van der Waals surface area (Å²) in [6.45, 7) is 2.37. The van der Waals surface area contributed by atoms with Gasteiger partial charge < -0.3 is 4.74 Å². The van der Waals surface area contributed by atoms with Gasteiger partial charge in [-0.1, -0.05) is 0 Å². The molecule has 2 atom stereocenters. The van der Waals surface area contributed by atoms with Crippen molar-refractivity contribution in [2.45, 2.75) is 12.2 Å². The van der Waals surface area contributed by atoms with Crippen LogP contribution in [0.25, 0.3) is 0 Å². The van der Waals surface area contributed by atoms with Crippen molar-refractivity contribution >= 4 is 7.92 Å². The Bertz CT molecular complexity index is 84.1. The maximum atomic E-state index is 5.24. The van der Waals surface area contributed by atoms with Gasteiger partial charge in [0.05, 0.1) is 12.2 Å². The van der Waals surface area contributed by atoms with E-state index in [-0.39, 0.29) is 0 Å². The number of hydrogen-bond acceptors (Lipinski definition) is 1. The Kier molecular flexibility index (Phi) is 0.741. The van der Waals surface area contributed by atoms with Gasteiger partial charge in [0, 0.05) is 0 Å². The summed E-state index contributed by atoms with van der Waals surface area (Å²) in [7, 11) is 0.420. The van der Waals surface area contributed by atoms with Crippen LogP contribution in [0.1, 0.15) is 0 Å². The monoisotopic (exact) mass is 116 g/mol. The fourth-order valence-corrected chi connectivity index (χ4v) is 3.21. The number of fused-ring (bicyclic) bond motifs is 1. The summed E-state index contributed by atoms with van der Waals surface area (Å²) in [5, 5.41) is 0. The van der Waals surface area contributed by atoms with E-state index in [4.69, 9.17) is 4.74 Å². The first-order valence-electron chi connectivity index (χ1n) is 2.70. The van der Waals surface area contributed by atoms with Gasteiger partial charge in [-0.15, -0.1) is 7.92 Å². The lowest BCUT2D eigenvalue weighted by atomic mass is 10.4. The molecule has 0 aromatic heterocycles. The summed E-state index contributed by atoms with van der Waals surface area (Å²) in [6.07, 6.45) is 4.22. The van der Waals surface area contributed by atoms with E-state index in [0.29, 0.717) is 7.92 Å². The van der Waals surface area contributed by atoms with E-state index >= 15 is 0 Å². The zero-order chi connectivity index (χ0) is 4.85. The molecule has 0 aliphatic carbocycles. The Labute approximate surface area is 44.8 Å². The molecule has 2 fully saturated rings. The third kappa shape index (κ3) is 0.595. The van der Waals surface area contributed by atoms with E-state index in [9.17, 15) is 0 Å². The highest BCUT2D eigenvalue weighted by molar-refractivity contribution is 7.57. The molecular weight excluding hydrogens is 107 g/mol. The minimum Gasteiger partial charge on any atom is -0.369 e. The standard InChI is InChI=1S/C5H9OP/c1-7-2-4-5(3-7)6-4/h4-5H,2-3H2,1H3. The quantitative estimate of drug-likeness (QED) is 0.338. The SMILES string of the molecule is CP1CC2OC2C1. The molecule has 0 amide bonds. The molecule has 0 bridgehead atoms. The van der Waals surface area contributed by atoms with Gasteiger partial charge in [0.25, 0.3) is 0 Å². The molecule has 2 rings (SSSR count). The first kappa shape index (κ1) is 4.29. The van der Waals surface area contributed by atoms with Gasteiger partial charge in [-0.2, -0.15) is 0 Å². The lowest BCUT2D eigenvalue weighted by molar-refractivity contribution is 0.385. The fraction of sp³-hybridized carbons (Fsp3) is 1.00. The van der Waals surface area contributed by atoms with Gasteiger partial charge in [0.2, 0.25) is 0 Å². The molecule has 2 aliphatic rings. The molecule has 0 aromatic carbocycles. The summed E-state index contributed by atoms with van der Waals surface area (Å²) in [6, 6.07) is 0. The lowest BCUT2D eigenvalue weighted by Crippen LogP contribution is -1.83. The normalized spacial score (nSPS) is 57.0. The van der Waals surface area contributed by atoms with Crippen LogP contribution in [0.5, 0.6) is 0 Å². The predicted molar refractivity (Wildman–Crippen MR) is 31.2 cm³/mol. The maximum Gasteiger partial charge on any atom is 0.0884 e. The Morgan fingerprint density at radius 3 is 2.29 bits per heavy atom. The molecule has 0 radical (unpaired) electrons. The molecule has 0 N–H and O–H groups in total. The van der Waals surface area contributed by atoms with E-state index in [1.807, 2.05) is 0 Å². The molecule has 2 saturated heterocycles. The van der Waals surface area contributed by atoms with Crippen molar-refractivity contribution in [3.05, 3.63) is 0 Å². The third-order valence-corrected chi connectivity index (χ3v) is 3.64. The highest BCUT2D eigenvalue weighted by Crippen LogP contribution is 2.49. The molecule has 1 nitrogen and oxygen atoms in total. The van der Waals surface area contributed by atoms with Crippen LogP contribution in [-0.2, 0) is 4.74 Å². The molecule has 7 heavy (non-hydrogen) atoms. The largest absolute Gasteiger partial charge is 0.369 e. The predicted octanol–water partition coefficient (Wildman–Crippen LogP) is 0.879. The van der Waals surface area contributed by atoms with Crippen molar-refractivity contribution in [3.8, 4) is 0 Å². The van der Waals surface area contributed by atoms with Crippen molar-refractivity contribution in [2.75, 3.05) is 19.0 Å². The summed E-state index contributed by atoms with van der Waals surface area (Å²) in [5.74, 6) is 0. The van der Waals surface area contributed by atoms with Crippen molar-refractivity contribution < 1.29 is 4.74 Å². The third-order valence-electron chi connectivity index (χ3n) is 1.67. The number of ether oxygens (including phenoxy) is 1. The molecule has 2 heterocycles. The second-order valence-electron chi connectivity index (χ2n) is 2.43. The van der Waals surface area contributed by atoms with E-state index in [1.165, 1.54) is 12.3 Å². The van der Waals surface area contributed by atoms with Crippen LogP contribution in [0.15, 0.2) is 0 Å². The summed E-state index contributed by atoms with van der Waals surface area (Å²) in [4.78, 5) is 0. The van der Waals surface area contributed by atoms with Crippen LogP contribution in [0.2, 0.25) is 0 Å². The zero-order valence-corrected chi connectivity index (χ0v) is 5.32. The topological polar surface area (TPSA) is 12.5 Å². The van der Waals surface area contributed by atoms with E-state index in [0.717, 1.165) is 12.2 Å². The first-order valence-corrected chi connectivity index (χ1v) is 4.86. The Balaban J connectivity index is 2.02. The molecule has 0 saturated carbocycles. The van der Waals surface area contributed by atoms with Gasteiger partial charge in [-0.25, -0.2) is 0 Å². The summed E-state index contributed by atoms with van der Waals surface area (Å²) < 4.78 is 5.24. The fourth-order valence-electron chi connectivity index (χ4n) is 1.19. The summed E-state index contributed by atoms with van der Waals surface area (Å²) in [5.41, 5.74) is 0. The smallest absolute Gasteiger partial charge is 0.0884 e. The second kappa shape index (κ2) is 1.21. The Morgan fingerprint density at radius 2 is 2.00 bits per heavy atom. The van der Waals surface area contributed by atoms with Gasteiger partial charge in [-0.3, -0.25) is 0 Å². The second-order valence-corrected chi connectivity index (χ2v) is 4.88. The zero-order valence-electron chi connectivity index (χ0n) is 4.42. The van der Waals surface area contributed by atoms with E-state index in [1.54, 1.807) is 0 Å². The van der Waals surface area contributed by atoms with Crippen LogP contribution < -0.4 is 0 Å². The highest BCUT2D eigenvalue weighted by Gasteiger charge is 2.45. The van der Waals surface area contributed by atoms with Crippen LogP contribution in [-0.4, -0.2) is 31.2 Å². The lowest BCUT2D eigenvalue weighted by Gasteiger charge is -1.99. The number of hydrogen-bond donors (Lipinski definition) is 0. The summed E-state index contributed by atoms with van der Waals surface area (Å²) >= 11 is 0. The van der Waals surface area contributed by atoms with Crippen molar-refractivity contribution in [2.24, 2.45) is 0 Å². The van der Waals surface area contributed by atoms with Crippen molar-refractivity contribution in [3.63, 3.8) is 0 Å². The Hall–Kier alpha value is 0.390. The average Bonchev–Trinajstić information content (AvgIpc) is 2.15. The van der Waals surface area contributed by atoms with E-state index < -0.39 is 0 Å². The molecular formula is C5H9OP. The van der Waals surface area contributed by atoms with Gasteiger partial charge in [0.1, 0.15) is 0 Å². The molecule has 2 heteroatoms. The minimum absolute atomic E-state index is 0.420. The minimum atomic E-state index is 0.420. The highest BCUT2D eigenvalue weighted by atomic mass is 31.1. The van der Waals surface area contributed by atoms with Crippen molar-refractivity contribution in [1.29, 1.82) is 0 Å². The van der Waals surface area contributed by atoms with Gasteiger partial charge in [0.15, 0.2) is 0 Å². The molecule has 2 aliphatic heterocycles. The van der Waals surface area contributed by atoms with Crippen LogP contribution >= 0.6 is 7.92 Å². The maximum absolute atomic E-state index is 5.24. The van der Waals surface area contributed by atoms with Crippen LogP contribution in [0.3, 0.4) is 0 Å². The van der Waals surface area contributed by atoms with Crippen molar-refractivity contribution in [1.82, 2.24) is 0 Å². The number of epoxide rings is 1. The molecule has 2 unspecified atom stereocenters. The Morgan fingerprint density at radius 1 is 1.43 bits per heavy atom. The van der Waals surface area contributed by atoms with Crippen LogP contribution in [0, 0.1) is 0 Å². The number of rotatable bonds is 0. The van der Waals surface area contributed by atoms with Gasteiger partial charge >= 0.3 is 0 Å². The first-order chi connectivity index (χ1) is 3.36. The van der Waals surface area contributed by atoms with Gasteiger partial charge in [-0.05, 0) is 19.0 Å². The van der Waals surface area contributed by atoms with Crippen LogP contribution in [0.4, 0.5) is 0 Å².